The van der Waals surface area contributed by atoms with E-state index in [9.17, 15) is 4.79 Å². The summed E-state index contributed by atoms with van der Waals surface area (Å²) in [6, 6.07) is 7.85. The topological polar surface area (TPSA) is 41.6 Å². The number of nitrogens with one attached hydrogen (secondary N) is 1. The van der Waals surface area contributed by atoms with Gasteiger partial charge in [0.1, 0.15) is 5.75 Å². The Labute approximate surface area is 139 Å². The van der Waals surface area contributed by atoms with Crippen LogP contribution in [0.3, 0.4) is 0 Å². The van der Waals surface area contributed by atoms with Gasteiger partial charge in [0.05, 0.1) is 12.5 Å². The van der Waals surface area contributed by atoms with Crippen molar-refractivity contribution >= 4 is 5.91 Å². The Kier molecular flexibility index (Phi) is 4.37. The number of benzene rings is 1. The third-order valence-corrected chi connectivity index (χ3v) is 5.76. The van der Waals surface area contributed by atoms with Crippen molar-refractivity contribution in [2.45, 2.75) is 38.5 Å². The molecular weight excluding hydrogens is 288 g/mol. The van der Waals surface area contributed by atoms with E-state index < -0.39 is 5.41 Å². The van der Waals surface area contributed by atoms with Crippen LogP contribution in [0.25, 0.3) is 0 Å². The van der Waals surface area contributed by atoms with Crippen molar-refractivity contribution in [3.05, 3.63) is 29.8 Å². The number of para-hydroxylation sites is 1. The molecule has 0 aliphatic carbocycles. The van der Waals surface area contributed by atoms with Gasteiger partial charge in [0, 0.05) is 25.2 Å². The normalized spacial score (nSPS) is 20.7. The molecule has 2 fully saturated rings. The van der Waals surface area contributed by atoms with E-state index in [4.69, 9.17) is 4.74 Å². The lowest BCUT2D eigenvalue weighted by Crippen LogP contribution is -2.49. The summed E-state index contributed by atoms with van der Waals surface area (Å²) in [5.41, 5.74) is 0.839. The van der Waals surface area contributed by atoms with Crippen molar-refractivity contribution in [3.8, 4) is 5.75 Å². The number of ether oxygens (including phenoxy) is 1. The monoisotopic (exact) mass is 316 g/mol. The molecule has 0 radical (unpaired) electrons. The molecule has 1 N–H and O–H groups in total. The van der Waals surface area contributed by atoms with E-state index in [2.05, 4.69) is 10.2 Å². The van der Waals surface area contributed by atoms with Gasteiger partial charge in [0.2, 0.25) is 5.91 Å². The Balaban J connectivity index is 1.74. The molecular formula is C19H28N2O2. The van der Waals surface area contributed by atoms with Crippen molar-refractivity contribution in [1.29, 1.82) is 0 Å². The highest BCUT2D eigenvalue weighted by atomic mass is 16.5. The highest BCUT2D eigenvalue weighted by molar-refractivity contribution is 5.88. The van der Waals surface area contributed by atoms with Crippen LogP contribution in [0.5, 0.6) is 5.75 Å². The second kappa shape index (κ2) is 6.16. The summed E-state index contributed by atoms with van der Waals surface area (Å²) in [5, 5.41) is 3.48. The summed E-state index contributed by atoms with van der Waals surface area (Å²) in [6.07, 6.45) is 3.49. The van der Waals surface area contributed by atoms with Crippen LogP contribution in [0.1, 0.15) is 38.7 Å². The number of hydrogen-bond donors (Lipinski definition) is 1. The van der Waals surface area contributed by atoms with Crippen LogP contribution in [0.15, 0.2) is 24.3 Å². The van der Waals surface area contributed by atoms with Gasteiger partial charge in [-0.15, -0.1) is 0 Å². The molecule has 1 aromatic rings. The lowest BCUT2D eigenvalue weighted by molar-refractivity contribution is -0.138. The summed E-state index contributed by atoms with van der Waals surface area (Å²) >= 11 is 0. The number of methoxy groups -OCH3 is 1. The van der Waals surface area contributed by atoms with Crippen molar-refractivity contribution < 1.29 is 9.53 Å². The lowest BCUT2D eigenvalue weighted by atomic mass is 9.76. The van der Waals surface area contributed by atoms with Crippen molar-refractivity contribution in [1.82, 2.24) is 10.2 Å². The Morgan fingerprint density at radius 1 is 1.22 bits per heavy atom. The first-order valence-electron chi connectivity index (χ1n) is 8.62. The number of carbonyl (C=O) groups excluding carboxylic acids is 1. The Morgan fingerprint density at radius 3 is 2.52 bits per heavy atom. The van der Waals surface area contributed by atoms with Crippen LogP contribution < -0.4 is 10.1 Å². The maximum absolute atomic E-state index is 13.1. The first kappa shape index (κ1) is 16.3. The molecule has 0 atom stereocenters. The zero-order chi connectivity index (χ0) is 16.5. The fourth-order valence-corrected chi connectivity index (χ4v) is 4.08. The third-order valence-electron chi connectivity index (χ3n) is 5.76. The first-order valence-corrected chi connectivity index (χ1v) is 8.62. The van der Waals surface area contributed by atoms with Crippen LogP contribution >= 0.6 is 0 Å². The molecule has 4 heteroatoms. The maximum Gasteiger partial charge on any atom is 0.232 e. The van der Waals surface area contributed by atoms with E-state index in [1.807, 2.05) is 38.1 Å². The first-order chi connectivity index (χ1) is 11.0. The van der Waals surface area contributed by atoms with Gasteiger partial charge in [-0.3, -0.25) is 4.79 Å². The molecule has 2 saturated heterocycles. The average Bonchev–Trinajstić information content (AvgIpc) is 3.03. The van der Waals surface area contributed by atoms with Gasteiger partial charge in [-0.25, -0.2) is 0 Å². The Morgan fingerprint density at radius 2 is 1.91 bits per heavy atom. The van der Waals surface area contributed by atoms with Gasteiger partial charge in [-0.2, -0.15) is 0 Å². The highest BCUT2D eigenvalue weighted by Crippen LogP contribution is 2.39. The van der Waals surface area contributed by atoms with Crippen LogP contribution in [0, 0.1) is 5.41 Å². The highest BCUT2D eigenvalue weighted by Gasteiger charge is 2.42. The third kappa shape index (κ3) is 2.97. The van der Waals surface area contributed by atoms with Gasteiger partial charge in [-0.05, 0) is 51.1 Å². The second-order valence-corrected chi connectivity index (χ2v) is 7.54. The largest absolute Gasteiger partial charge is 0.496 e. The molecule has 23 heavy (non-hydrogen) atoms. The number of nitrogens with zero attached hydrogens (tertiary/aromatic N) is 1. The van der Waals surface area contributed by atoms with Crippen molar-refractivity contribution in [2.75, 3.05) is 33.3 Å². The maximum atomic E-state index is 13.1. The molecule has 3 rings (SSSR count). The standard InChI is InChI=1S/C19H28N2O2/c1-18(2,15-6-4-5-7-16(15)23-3)17(22)21-12-9-19(10-13-21)8-11-20-14-19/h4-7,20H,8-14H2,1-3H3. The molecule has 126 valence electrons. The van der Waals surface area contributed by atoms with Gasteiger partial charge < -0.3 is 15.0 Å². The van der Waals surface area contributed by atoms with Crippen LogP contribution in [-0.4, -0.2) is 44.1 Å². The van der Waals surface area contributed by atoms with Crippen LogP contribution in [-0.2, 0) is 10.2 Å². The van der Waals surface area contributed by atoms with Crippen molar-refractivity contribution in [3.63, 3.8) is 0 Å². The number of amides is 1. The van der Waals surface area contributed by atoms with E-state index in [1.54, 1.807) is 7.11 Å². The summed E-state index contributed by atoms with van der Waals surface area (Å²) in [6.45, 7) is 8.01. The minimum Gasteiger partial charge on any atom is -0.496 e. The van der Waals surface area contributed by atoms with Crippen molar-refractivity contribution in [2.24, 2.45) is 5.41 Å². The van der Waals surface area contributed by atoms with E-state index in [1.165, 1.54) is 6.42 Å². The number of piperidine rings is 1. The molecule has 2 aliphatic heterocycles. The zero-order valence-corrected chi connectivity index (χ0v) is 14.5. The summed E-state index contributed by atoms with van der Waals surface area (Å²) in [4.78, 5) is 15.2. The summed E-state index contributed by atoms with van der Waals surface area (Å²) in [5.74, 6) is 1.00. The number of hydrogen-bond acceptors (Lipinski definition) is 3. The Bertz CT molecular complexity index is 566. The smallest absolute Gasteiger partial charge is 0.232 e. The Hall–Kier alpha value is -1.55. The molecule has 1 aromatic carbocycles. The fraction of sp³-hybridized carbons (Fsp3) is 0.632. The number of likely N-dealkylation sites (tertiary alicyclic amines) is 1. The summed E-state index contributed by atoms with van der Waals surface area (Å²) < 4.78 is 5.47. The van der Waals surface area contributed by atoms with Crippen LogP contribution in [0.4, 0.5) is 0 Å². The van der Waals surface area contributed by atoms with Crippen LogP contribution in [0.2, 0.25) is 0 Å². The number of rotatable bonds is 3. The second-order valence-electron chi connectivity index (χ2n) is 7.54. The molecule has 0 saturated carbocycles. The molecule has 4 nitrogen and oxygen atoms in total. The average molecular weight is 316 g/mol. The molecule has 1 amide bonds. The molecule has 0 bridgehead atoms. The molecule has 1 spiro atoms. The quantitative estimate of drug-likeness (QED) is 0.932. The minimum absolute atomic E-state index is 0.211. The fourth-order valence-electron chi connectivity index (χ4n) is 4.08. The summed E-state index contributed by atoms with van der Waals surface area (Å²) in [7, 11) is 1.66. The van der Waals surface area contributed by atoms with Gasteiger partial charge >= 0.3 is 0 Å². The van der Waals surface area contributed by atoms with E-state index >= 15 is 0 Å². The predicted octanol–water partition coefficient (Wildman–Crippen LogP) is 2.57. The van der Waals surface area contributed by atoms with Gasteiger partial charge in [0.25, 0.3) is 0 Å². The molecule has 0 unspecified atom stereocenters. The van der Waals surface area contributed by atoms with Gasteiger partial charge in [-0.1, -0.05) is 18.2 Å². The minimum atomic E-state index is -0.564. The molecule has 2 aliphatic rings. The molecule has 0 aromatic heterocycles. The predicted molar refractivity (Wildman–Crippen MR) is 91.8 cm³/mol. The SMILES string of the molecule is COc1ccccc1C(C)(C)C(=O)N1CCC2(CCNC2)CC1. The van der Waals surface area contributed by atoms with E-state index in [0.717, 1.165) is 50.3 Å². The van der Waals surface area contributed by atoms with E-state index in [0.29, 0.717) is 5.41 Å². The number of carbonyl (C=O) groups is 1. The van der Waals surface area contributed by atoms with Gasteiger partial charge in [0.15, 0.2) is 0 Å². The lowest BCUT2D eigenvalue weighted by Gasteiger charge is -2.41. The zero-order valence-electron chi connectivity index (χ0n) is 14.5. The molecule has 2 heterocycles. The van der Waals surface area contributed by atoms with E-state index in [-0.39, 0.29) is 5.91 Å².